The van der Waals surface area contributed by atoms with E-state index in [9.17, 15) is 14.9 Å². The van der Waals surface area contributed by atoms with Crippen molar-refractivity contribution < 1.29 is 14.1 Å². The van der Waals surface area contributed by atoms with Crippen molar-refractivity contribution in [3.63, 3.8) is 0 Å². The van der Waals surface area contributed by atoms with E-state index >= 15 is 0 Å². The first-order valence-corrected chi connectivity index (χ1v) is 5.86. The third kappa shape index (κ3) is 3.68. The van der Waals surface area contributed by atoms with Crippen LogP contribution in [0.3, 0.4) is 0 Å². The maximum Gasteiger partial charge on any atom is 0.433 e. The van der Waals surface area contributed by atoms with Crippen molar-refractivity contribution in [1.29, 1.82) is 0 Å². The van der Waals surface area contributed by atoms with Gasteiger partial charge in [-0.25, -0.2) is 0 Å². The number of nitrogens with zero attached hydrogens (tertiary/aromatic N) is 1. The highest BCUT2D eigenvalue weighted by Crippen LogP contribution is 2.16. The lowest BCUT2D eigenvalue weighted by Gasteiger charge is -2.30. The largest absolute Gasteiger partial charge is 0.433 e. The van der Waals surface area contributed by atoms with Crippen LogP contribution in [0.2, 0.25) is 0 Å². The molecule has 7 nitrogen and oxygen atoms in total. The number of furan rings is 1. The van der Waals surface area contributed by atoms with Gasteiger partial charge in [-0.05, 0) is 32.4 Å². The predicted octanol–water partition coefficient (Wildman–Crippen LogP) is 1.48. The quantitative estimate of drug-likeness (QED) is 0.649. The Morgan fingerprint density at radius 1 is 1.58 bits per heavy atom. The van der Waals surface area contributed by atoms with Crippen LogP contribution < -0.4 is 10.6 Å². The van der Waals surface area contributed by atoms with Crippen LogP contribution in [0, 0.1) is 10.1 Å². The number of carbonyl (C=O) groups excluding carboxylic acids is 1. The standard InChI is InChI=1S/C11H15N3O4.ClH/c1-7-8(3-2-6-12-7)13-11(15)9-4-5-10(18-9)14(16)17;/h4-5,7-8,12H,2-3,6H2,1H3,(H,13,15);1H. The van der Waals surface area contributed by atoms with Crippen LogP contribution >= 0.6 is 12.4 Å². The fourth-order valence-corrected chi connectivity index (χ4v) is 2.03. The van der Waals surface area contributed by atoms with E-state index in [0.29, 0.717) is 0 Å². The van der Waals surface area contributed by atoms with Crippen molar-refractivity contribution in [3.05, 3.63) is 28.0 Å². The molecule has 0 aliphatic carbocycles. The van der Waals surface area contributed by atoms with E-state index in [1.54, 1.807) is 0 Å². The van der Waals surface area contributed by atoms with Gasteiger partial charge in [0.1, 0.15) is 4.92 Å². The second kappa shape index (κ2) is 6.53. The van der Waals surface area contributed by atoms with E-state index in [0.717, 1.165) is 19.4 Å². The topological polar surface area (TPSA) is 97.4 Å². The highest BCUT2D eigenvalue weighted by Gasteiger charge is 2.25. The number of nitrogens with one attached hydrogen (secondary N) is 2. The Balaban J connectivity index is 0.00000180. The molecule has 106 valence electrons. The van der Waals surface area contributed by atoms with Gasteiger partial charge < -0.3 is 15.1 Å². The zero-order chi connectivity index (χ0) is 13.1. The van der Waals surface area contributed by atoms with Crippen LogP contribution in [0.25, 0.3) is 0 Å². The lowest BCUT2D eigenvalue weighted by molar-refractivity contribution is -0.402. The minimum Gasteiger partial charge on any atom is -0.395 e. The normalized spacial score (nSPS) is 22.4. The molecular weight excluding hydrogens is 274 g/mol. The molecule has 8 heteroatoms. The van der Waals surface area contributed by atoms with Crippen LogP contribution in [-0.4, -0.2) is 29.5 Å². The van der Waals surface area contributed by atoms with Crippen LogP contribution in [0.1, 0.15) is 30.3 Å². The number of amides is 1. The summed E-state index contributed by atoms with van der Waals surface area (Å²) in [5.74, 6) is -0.863. The SMILES string of the molecule is CC1NCCCC1NC(=O)c1ccc([N+](=O)[O-])o1.Cl. The van der Waals surface area contributed by atoms with Crippen molar-refractivity contribution in [1.82, 2.24) is 10.6 Å². The van der Waals surface area contributed by atoms with Gasteiger partial charge in [0.2, 0.25) is 0 Å². The van der Waals surface area contributed by atoms with E-state index in [1.165, 1.54) is 12.1 Å². The molecule has 1 saturated heterocycles. The summed E-state index contributed by atoms with van der Waals surface area (Å²) in [6, 6.07) is 2.70. The monoisotopic (exact) mass is 289 g/mol. The molecule has 0 bridgehead atoms. The average molecular weight is 290 g/mol. The number of carbonyl (C=O) groups is 1. The molecule has 0 saturated carbocycles. The molecule has 0 spiro atoms. The number of halogens is 1. The lowest BCUT2D eigenvalue weighted by Crippen LogP contribution is -2.51. The number of hydrogen-bond acceptors (Lipinski definition) is 5. The minimum atomic E-state index is -0.665. The highest BCUT2D eigenvalue weighted by atomic mass is 35.5. The smallest absolute Gasteiger partial charge is 0.395 e. The summed E-state index contributed by atoms with van der Waals surface area (Å²) >= 11 is 0. The summed E-state index contributed by atoms with van der Waals surface area (Å²) < 4.78 is 4.85. The van der Waals surface area contributed by atoms with Gasteiger partial charge in [-0.1, -0.05) is 0 Å². The second-order valence-corrected chi connectivity index (χ2v) is 4.36. The van der Waals surface area contributed by atoms with Crippen molar-refractivity contribution in [2.45, 2.75) is 31.8 Å². The first-order valence-electron chi connectivity index (χ1n) is 5.86. The zero-order valence-corrected chi connectivity index (χ0v) is 11.2. The van der Waals surface area contributed by atoms with Gasteiger partial charge in [0, 0.05) is 12.1 Å². The first kappa shape index (κ1) is 15.5. The van der Waals surface area contributed by atoms with Gasteiger partial charge >= 0.3 is 5.88 Å². The van der Waals surface area contributed by atoms with Gasteiger partial charge in [0.25, 0.3) is 5.91 Å². The molecule has 19 heavy (non-hydrogen) atoms. The minimum absolute atomic E-state index is 0. The number of hydrogen-bond donors (Lipinski definition) is 2. The van der Waals surface area contributed by atoms with Gasteiger partial charge in [-0.15, -0.1) is 12.4 Å². The van der Waals surface area contributed by atoms with Gasteiger partial charge in [0.15, 0.2) is 5.76 Å². The molecule has 1 fully saturated rings. The summed E-state index contributed by atoms with van der Waals surface area (Å²) in [7, 11) is 0. The molecule has 1 amide bonds. The first-order chi connectivity index (χ1) is 8.58. The summed E-state index contributed by atoms with van der Waals surface area (Å²) in [5, 5.41) is 16.5. The molecule has 1 aromatic heterocycles. The van der Waals surface area contributed by atoms with Crippen molar-refractivity contribution >= 4 is 24.2 Å². The molecule has 0 radical (unpaired) electrons. The van der Waals surface area contributed by atoms with E-state index in [2.05, 4.69) is 10.6 Å². The number of rotatable bonds is 3. The predicted molar refractivity (Wildman–Crippen MR) is 70.6 cm³/mol. The molecule has 2 heterocycles. The Bertz CT molecular complexity index is 463. The lowest BCUT2D eigenvalue weighted by atomic mass is 10.00. The third-order valence-electron chi connectivity index (χ3n) is 3.07. The summed E-state index contributed by atoms with van der Waals surface area (Å²) in [6.45, 7) is 2.94. The van der Waals surface area contributed by atoms with Gasteiger partial charge in [0.05, 0.1) is 6.07 Å². The Morgan fingerprint density at radius 3 is 2.89 bits per heavy atom. The van der Waals surface area contributed by atoms with E-state index in [-0.39, 0.29) is 30.3 Å². The van der Waals surface area contributed by atoms with Crippen molar-refractivity contribution in [2.75, 3.05) is 6.54 Å². The molecule has 2 atom stereocenters. The fourth-order valence-electron chi connectivity index (χ4n) is 2.03. The van der Waals surface area contributed by atoms with Gasteiger partial charge in [-0.2, -0.15) is 0 Å². The molecule has 1 aromatic rings. The summed E-state index contributed by atoms with van der Waals surface area (Å²) in [5.41, 5.74) is 0. The summed E-state index contributed by atoms with van der Waals surface area (Å²) in [6.07, 6.45) is 1.89. The Hall–Kier alpha value is -1.60. The molecule has 1 aliphatic heterocycles. The summed E-state index contributed by atoms with van der Waals surface area (Å²) in [4.78, 5) is 21.6. The number of piperidine rings is 1. The maximum absolute atomic E-state index is 11.8. The van der Waals surface area contributed by atoms with Crippen LogP contribution in [-0.2, 0) is 0 Å². The van der Waals surface area contributed by atoms with Gasteiger partial charge in [-0.3, -0.25) is 14.9 Å². The highest BCUT2D eigenvalue weighted by molar-refractivity contribution is 5.91. The van der Waals surface area contributed by atoms with Crippen molar-refractivity contribution in [2.24, 2.45) is 0 Å². The zero-order valence-electron chi connectivity index (χ0n) is 10.4. The fraction of sp³-hybridized carbons (Fsp3) is 0.545. The van der Waals surface area contributed by atoms with Crippen LogP contribution in [0.15, 0.2) is 16.5 Å². The van der Waals surface area contributed by atoms with Crippen LogP contribution in [0.4, 0.5) is 5.88 Å². The van der Waals surface area contributed by atoms with Crippen LogP contribution in [0.5, 0.6) is 0 Å². The molecule has 0 aromatic carbocycles. The Morgan fingerprint density at radius 2 is 2.32 bits per heavy atom. The van der Waals surface area contributed by atoms with E-state index in [4.69, 9.17) is 4.42 Å². The van der Waals surface area contributed by atoms with E-state index < -0.39 is 16.7 Å². The Labute approximate surface area is 116 Å². The second-order valence-electron chi connectivity index (χ2n) is 4.36. The molecular formula is C11H16ClN3O4. The molecule has 1 aliphatic rings. The molecule has 2 N–H and O–H groups in total. The third-order valence-corrected chi connectivity index (χ3v) is 3.07. The number of nitro groups is 1. The maximum atomic E-state index is 11.8. The molecule has 2 unspecified atom stereocenters. The molecule has 2 rings (SSSR count). The van der Waals surface area contributed by atoms with Crippen molar-refractivity contribution in [3.8, 4) is 0 Å². The average Bonchev–Trinajstić information content (AvgIpc) is 2.81. The Kier molecular flexibility index (Phi) is 5.31. The van der Waals surface area contributed by atoms with E-state index in [1.807, 2.05) is 6.92 Å².